The predicted octanol–water partition coefficient (Wildman–Crippen LogP) is 4.79. The molecule has 0 radical (unpaired) electrons. The number of benzene rings is 2. The van der Waals surface area contributed by atoms with Crippen LogP contribution in [0.3, 0.4) is 0 Å². The number of fused-ring (bicyclic) bond motifs is 1. The van der Waals surface area contributed by atoms with E-state index in [1.165, 1.54) is 5.56 Å². The van der Waals surface area contributed by atoms with Gasteiger partial charge in [0.25, 0.3) is 5.91 Å². The Labute approximate surface area is 173 Å². The van der Waals surface area contributed by atoms with Crippen molar-refractivity contribution in [3.05, 3.63) is 53.6 Å². The van der Waals surface area contributed by atoms with Crippen molar-refractivity contribution in [1.29, 1.82) is 0 Å². The first-order valence-corrected chi connectivity index (χ1v) is 10.2. The zero-order chi connectivity index (χ0) is 21.0. The summed E-state index contributed by atoms with van der Waals surface area (Å²) >= 11 is 0. The van der Waals surface area contributed by atoms with E-state index < -0.39 is 6.10 Å². The fourth-order valence-electron chi connectivity index (χ4n) is 3.24. The summed E-state index contributed by atoms with van der Waals surface area (Å²) in [7, 11) is 0. The summed E-state index contributed by atoms with van der Waals surface area (Å²) < 4.78 is 17.2. The van der Waals surface area contributed by atoms with Crippen LogP contribution in [0.2, 0.25) is 0 Å². The van der Waals surface area contributed by atoms with Gasteiger partial charge in [0.05, 0.1) is 6.04 Å². The molecule has 5 heteroatoms. The summed E-state index contributed by atoms with van der Waals surface area (Å²) in [5, 5.41) is 3.05. The predicted molar refractivity (Wildman–Crippen MR) is 114 cm³/mol. The maximum atomic E-state index is 12.8. The van der Waals surface area contributed by atoms with Crippen LogP contribution in [0.15, 0.2) is 42.5 Å². The lowest BCUT2D eigenvalue weighted by atomic mass is 9.87. The van der Waals surface area contributed by atoms with Gasteiger partial charge in [0.15, 0.2) is 17.6 Å². The number of hydrogen-bond acceptors (Lipinski definition) is 4. The maximum Gasteiger partial charge on any atom is 0.261 e. The minimum absolute atomic E-state index is 0.0825. The molecule has 29 heavy (non-hydrogen) atoms. The van der Waals surface area contributed by atoms with E-state index in [2.05, 4.69) is 38.2 Å². The van der Waals surface area contributed by atoms with Crippen molar-refractivity contribution in [2.24, 2.45) is 0 Å². The van der Waals surface area contributed by atoms with E-state index in [0.717, 1.165) is 17.1 Å². The molecule has 1 aliphatic heterocycles. The van der Waals surface area contributed by atoms with Crippen LogP contribution in [0.5, 0.6) is 17.2 Å². The van der Waals surface area contributed by atoms with Gasteiger partial charge in [-0.15, -0.1) is 0 Å². The van der Waals surface area contributed by atoms with Gasteiger partial charge in [-0.05, 0) is 54.2 Å². The summed E-state index contributed by atoms with van der Waals surface area (Å²) in [6.07, 6.45) is 0.0379. The molecule has 2 aromatic carbocycles. The van der Waals surface area contributed by atoms with E-state index in [1.54, 1.807) is 0 Å². The molecule has 2 aromatic rings. The topological polar surface area (TPSA) is 56.8 Å². The largest absolute Gasteiger partial charge is 0.486 e. The van der Waals surface area contributed by atoms with Gasteiger partial charge < -0.3 is 19.5 Å². The highest BCUT2D eigenvalue weighted by molar-refractivity contribution is 5.81. The first kappa shape index (κ1) is 21.0. The number of carbonyl (C=O) groups excluding carboxylic acids is 1. The highest BCUT2D eigenvalue weighted by Gasteiger charge is 2.22. The monoisotopic (exact) mass is 397 g/mol. The molecule has 0 aliphatic carbocycles. The molecule has 1 heterocycles. The Kier molecular flexibility index (Phi) is 6.36. The summed E-state index contributed by atoms with van der Waals surface area (Å²) in [5.41, 5.74) is 2.28. The lowest BCUT2D eigenvalue weighted by Gasteiger charge is -2.23. The number of nitrogens with one attached hydrogen (secondary N) is 1. The van der Waals surface area contributed by atoms with Crippen LogP contribution in [0.4, 0.5) is 0 Å². The Morgan fingerprint density at radius 1 is 1.07 bits per heavy atom. The third-order valence-electron chi connectivity index (χ3n) is 5.09. The number of ether oxygens (including phenoxy) is 3. The van der Waals surface area contributed by atoms with Crippen molar-refractivity contribution in [1.82, 2.24) is 5.32 Å². The van der Waals surface area contributed by atoms with Gasteiger partial charge in [0.2, 0.25) is 0 Å². The van der Waals surface area contributed by atoms with Crippen LogP contribution in [-0.2, 0) is 10.2 Å². The molecule has 0 unspecified atom stereocenters. The van der Waals surface area contributed by atoms with Crippen molar-refractivity contribution in [2.45, 2.75) is 58.6 Å². The molecule has 1 aliphatic rings. The van der Waals surface area contributed by atoms with Crippen molar-refractivity contribution >= 4 is 5.91 Å². The SMILES string of the molecule is CC[C@@H](Oc1ccc(C(C)(C)C)cc1)C(=O)N[C@H](C)c1ccc2c(c1)OCCO2. The molecule has 0 spiro atoms. The summed E-state index contributed by atoms with van der Waals surface area (Å²) in [6, 6.07) is 13.6. The Hall–Kier alpha value is -2.69. The van der Waals surface area contributed by atoms with Crippen LogP contribution in [0.25, 0.3) is 0 Å². The van der Waals surface area contributed by atoms with Crippen LogP contribution >= 0.6 is 0 Å². The first-order valence-electron chi connectivity index (χ1n) is 10.2. The van der Waals surface area contributed by atoms with Crippen molar-refractivity contribution < 1.29 is 19.0 Å². The zero-order valence-corrected chi connectivity index (χ0v) is 18.0. The first-order chi connectivity index (χ1) is 13.8. The fraction of sp³-hybridized carbons (Fsp3) is 0.458. The lowest BCUT2D eigenvalue weighted by Crippen LogP contribution is -2.39. The molecular formula is C24H31NO4. The fourth-order valence-corrected chi connectivity index (χ4v) is 3.24. The molecule has 0 saturated carbocycles. The standard InChI is InChI=1S/C24H31NO4/c1-6-20(29-19-10-8-18(9-11-19)24(3,4)5)23(26)25-16(2)17-7-12-21-22(15-17)28-14-13-27-21/h7-12,15-16,20H,6,13-14H2,1-5H3,(H,25,26)/t16-,20-/m1/s1. The second kappa shape index (κ2) is 8.76. The van der Waals surface area contributed by atoms with Gasteiger partial charge in [-0.3, -0.25) is 4.79 Å². The number of carbonyl (C=O) groups is 1. The molecule has 0 fully saturated rings. The average Bonchev–Trinajstić information content (AvgIpc) is 2.71. The molecule has 2 atom stereocenters. The van der Waals surface area contributed by atoms with Gasteiger partial charge in [0.1, 0.15) is 19.0 Å². The van der Waals surface area contributed by atoms with E-state index in [0.29, 0.717) is 25.4 Å². The zero-order valence-electron chi connectivity index (χ0n) is 18.0. The number of amides is 1. The van der Waals surface area contributed by atoms with E-state index in [9.17, 15) is 4.79 Å². The maximum absolute atomic E-state index is 12.8. The second-order valence-corrected chi connectivity index (χ2v) is 8.42. The van der Waals surface area contributed by atoms with E-state index in [1.807, 2.05) is 44.2 Å². The van der Waals surface area contributed by atoms with Crippen LogP contribution < -0.4 is 19.5 Å². The summed E-state index contributed by atoms with van der Waals surface area (Å²) in [4.78, 5) is 12.8. The van der Waals surface area contributed by atoms with Crippen LogP contribution in [0.1, 0.15) is 58.2 Å². The third kappa shape index (κ3) is 5.22. The highest BCUT2D eigenvalue weighted by atomic mass is 16.6. The molecule has 0 aromatic heterocycles. The molecule has 0 bridgehead atoms. The van der Waals surface area contributed by atoms with Gasteiger partial charge >= 0.3 is 0 Å². The molecule has 1 N–H and O–H groups in total. The second-order valence-electron chi connectivity index (χ2n) is 8.42. The average molecular weight is 398 g/mol. The number of hydrogen-bond donors (Lipinski definition) is 1. The van der Waals surface area contributed by atoms with E-state index >= 15 is 0 Å². The third-order valence-corrected chi connectivity index (χ3v) is 5.09. The Morgan fingerprint density at radius 2 is 1.72 bits per heavy atom. The Bertz CT molecular complexity index is 839. The van der Waals surface area contributed by atoms with Crippen LogP contribution in [-0.4, -0.2) is 25.2 Å². The molecule has 1 amide bonds. The van der Waals surface area contributed by atoms with Gasteiger partial charge in [-0.1, -0.05) is 45.9 Å². The molecule has 3 rings (SSSR count). The van der Waals surface area contributed by atoms with Crippen molar-refractivity contribution in [3.63, 3.8) is 0 Å². The summed E-state index contributed by atoms with van der Waals surface area (Å²) in [6.45, 7) is 11.5. The minimum atomic E-state index is -0.546. The quantitative estimate of drug-likeness (QED) is 0.761. The highest BCUT2D eigenvalue weighted by Crippen LogP contribution is 2.32. The van der Waals surface area contributed by atoms with E-state index in [4.69, 9.17) is 14.2 Å². The molecule has 5 nitrogen and oxygen atoms in total. The van der Waals surface area contributed by atoms with Crippen molar-refractivity contribution in [2.75, 3.05) is 13.2 Å². The molecule has 0 saturated heterocycles. The Morgan fingerprint density at radius 3 is 2.34 bits per heavy atom. The van der Waals surface area contributed by atoms with Gasteiger partial charge in [-0.2, -0.15) is 0 Å². The van der Waals surface area contributed by atoms with Crippen molar-refractivity contribution in [3.8, 4) is 17.2 Å². The smallest absolute Gasteiger partial charge is 0.261 e. The Balaban J connectivity index is 1.63. The van der Waals surface area contributed by atoms with Crippen LogP contribution in [0, 0.1) is 0 Å². The minimum Gasteiger partial charge on any atom is -0.486 e. The normalized spacial score (nSPS) is 15.3. The van der Waals surface area contributed by atoms with Gasteiger partial charge in [0, 0.05) is 0 Å². The summed E-state index contributed by atoms with van der Waals surface area (Å²) in [5.74, 6) is 2.03. The number of rotatable bonds is 6. The lowest BCUT2D eigenvalue weighted by molar-refractivity contribution is -0.128. The molecular weight excluding hydrogens is 366 g/mol. The van der Waals surface area contributed by atoms with Gasteiger partial charge in [-0.25, -0.2) is 0 Å². The molecule has 156 valence electrons. The van der Waals surface area contributed by atoms with E-state index in [-0.39, 0.29) is 17.4 Å².